The average molecular weight is 517 g/mol. The zero-order chi connectivity index (χ0) is 25.6. The monoisotopic (exact) mass is 516 g/mol. The largest absolute Gasteiger partial charge is 0.455 e. The van der Waals surface area contributed by atoms with Gasteiger partial charge in [-0.1, -0.05) is 49.4 Å². The van der Waals surface area contributed by atoms with Crippen molar-refractivity contribution in [2.24, 2.45) is 0 Å². The number of sulfonamides is 1. The first-order chi connectivity index (χ1) is 16.5. The summed E-state index contributed by atoms with van der Waals surface area (Å²) in [6.45, 7) is 1.42. The fraction of sp³-hybridized carbons (Fsp3) is 0.240. The molecule has 1 N–H and O–H groups in total. The molecular weight excluding hydrogens is 488 g/mol. The van der Waals surface area contributed by atoms with Crippen molar-refractivity contribution in [1.82, 2.24) is 5.32 Å². The molecule has 0 fully saturated rings. The topological polar surface area (TPSA) is 110 Å². The second-order valence-electron chi connectivity index (χ2n) is 8.02. The Bertz CT molecular complexity index is 1370. The van der Waals surface area contributed by atoms with E-state index in [0.29, 0.717) is 23.5 Å². The van der Waals surface area contributed by atoms with Crippen LogP contribution in [0.1, 0.15) is 24.9 Å². The molecule has 3 aromatic rings. The van der Waals surface area contributed by atoms with Crippen molar-refractivity contribution < 1.29 is 26.4 Å². The van der Waals surface area contributed by atoms with Crippen LogP contribution in [0.2, 0.25) is 0 Å². The van der Waals surface area contributed by atoms with Gasteiger partial charge >= 0.3 is 0 Å². The number of nitrogens with one attached hydrogen (secondary N) is 1. The zero-order valence-electron chi connectivity index (χ0n) is 19.7. The van der Waals surface area contributed by atoms with E-state index in [-0.39, 0.29) is 10.6 Å². The highest BCUT2D eigenvalue weighted by atomic mass is 32.2. The predicted molar refractivity (Wildman–Crippen MR) is 136 cm³/mol. The van der Waals surface area contributed by atoms with E-state index >= 15 is 0 Å². The molecule has 0 heterocycles. The van der Waals surface area contributed by atoms with Gasteiger partial charge in [0.25, 0.3) is 0 Å². The van der Waals surface area contributed by atoms with Crippen LogP contribution in [-0.2, 0) is 24.7 Å². The van der Waals surface area contributed by atoms with Gasteiger partial charge in [-0.2, -0.15) is 0 Å². The summed E-state index contributed by atoms with van der Waals surface area (Å²) in [4.78, 5) is 13.1. The minimum Gasteiger partial charge on any atom is -0.455 e. The van der Waals surface area contributed by atoms with E-state index in [4.69, 9.17) is 4.74 Å². The number of ether oxygens (including phenoxy) is 1. The van der Waals surface area contributed by atoms with E-state index in [0.717, 1.165) is 16.8 Å². The molecule has 8 nitrogen and oxygen atoms in total. The van der Waals surface area contributed by atoms with E-state index in [1.54, 1.807) is 60.7 Å². The molecule has 0 aliphatic heterocycles. The molecule has 35 heavy (non-hydrogen) atoms. The second kappa shape index (κ2) is 10.9. The van der Waals surface area contributed by atoms with Gasteiger partial charge in [0, 0.05) is 6.26 Å². The number of para-hydroxylation sites is 3. The van der Waals surface area contributed by atoms with Crippen LogP contribution in [0.15, 0.2) is 83.8 Å². The molecule has 0 radical (unpaired) electrons. The first kappa shape index (κ1) is 26.2. The molecule has 0 spiro atoms. The number of carbonyl (C=O) groups is 1. The van der Waals surface area contributed by atoms with Crippen molar-refractivity contribution >= 4 is 31.5 Å². The lowest BCUT2D eigenvalue weighted by Crippen LogP contribution is -2.41. The molecule has 3 rings (SSSR count). The van der Waals surface area contributed by atoms with Crippen LogP contribution in [0.3, 0.4) is 0 Å². The molecule has 0 aromatic heterocycles. The Morgan fingerprint density at radius 2 is 1.49 bits per heavy atom. The van der Waals surface area contributed by atoms with Crippen LogP contribution in [0, 0.1) is 0 Å². The molecule has 0 saturated heterocycles. The third kappa shape index (κ3) is 7.06. The van der Waals surface area contributed by atoms with Gasteiger partial charge in [-0.25, -0.2) is 16.8 Å². The predicted octanol–water partition coefficient (Wildman–Crippen LogP) is 3.92. The maximum absolute atomic E-state index is 13.0. The summed E-state index contributed by atoms with van der Waals surface area (Å²) >= 11 is 0. The molecule has 0 aliphatic rings. The molecule has 10 heteroatoms. The molecule has 0 aliphatic carbocycles. The Morgan fingerprint density at radius 3 is 2.06 bits per heavy atom. The van der Waals surface area contributed by atoms with Gasteiger partial charge < -0.3 is 10.1 Å². The average Bonchev–Trinajstić information content (AvgIpc) is 2.81. The molecule has 0 saturated carbocycles. The smallest absolute Gasteiger partial charge is 0.241 e. The Morgan fingerprint density at radius 1 is 0.886 bits per heavy atom. The molecular formula is C25H28N2O6S2. The van der Waals surface area contributed by atoms with Gasteiger partial charge in [0.05, 0.1) is 22.9 Å². The van der Waals surface area contributed by atoms with E-state index < -0.39 is 38.4 Å². The highest BCUT2D eigenvalue weighted by Gasteiger charge is 2.25. The number of hydrogen-bond donors (Lipinski definition) is 1. The number of anilines is 1. The van der Waals surface area contributed by atoms with Crippen molar-refractivity contribution in [3.8, 4) is 11.5 Å². The van der Waals surface area contributed by atoms with Crippen LogP contribution in [0.25, 0.3) is 0 Å². The van der Waals surface area contributed by atoms with Crippen molar-refractivity contribution in [3.05, 3.63) is 84.4 Å². The minimum atomic E-state index is -3.83. The Balaban J connectivity index is 1.83. The molecule has 1 atom stereocenters. The van der Waals surface area contributed by atoms with E-state index in [1.807, 2.05) is 13.0 Å². The highest BCUT2D eigenvalue weighted by Crippen LogP contribution is 2.33. The van der Waals surface area contributed by atoms with E-state index in [1.165, 1.54) is 12.1 Å². The number of sulfone groups is 1. The summed E-state index contributed by atoms with van der Waals surface area (Å²) in [7, 11) is -7.17. The third-order valence-corrected chi connectivity index (χ3v) is 7.50. The van der Waals surface area contributed by atoms with Crippen molar-refractivity contribution in [3.63, 3.8) is 0 Å². The summed E-state index contributed by atoms with van der Waals surface area (Å²) < 4.78 is 55.6. The van der Waals surface area contributed by atoms with Crippen LogP contribution >= 0.6 is 0 Å². The van der Waals surface area contributed by atoms with Crippen molar-refractivity contribution in [1.29, 1.82) is 0 Å². The maximum Gasteiger partial charge on any atom is 0.241 e. The number of hydrogen-bond acceptors (Lipinski definition) is 6. The van der Waals surface area contributed by atoms with Crippen LogP contribution in [0.5, 0.6) is 11.5 Å². The van der Waals surface area contributed by atoms with Gasteiger partial charge in [0.1, 0.15) is 12.3 Å². The Kier molecular flexibility index (Phi) is 8.18. The lowest BCUT2D eigenvalue weighted by molar-refractivity contribution is -0.120. The third-order valence-electron chi connectivity index (χ3n) is 5.25. The SMILES string of the molecule is CCC(NC(=O)CN(c1ccccc1Oc1ccccc1)S(C)(=O)=O)c1ccc(S(C)(=O)=O)cc1. The fourth-order valence-electron chi connectivity index (χ4n) is 3.48. The van der Waals surface area contributed by atoms with E-state index in [9.17, 15) is 21.6 Å². The molecule has 3 aromatic carbocycles. The summed E-state index contributed by atoms with van der Waals surface area (Å²) in [5.74, 6) is 0.311. The van der Waals surface area contributed by atoms with Gasteiger partial charge in [-0.3, -0.25) is 9.10 Å². The molecule has 0 bridgehead atoms. The van der Waals surface area contributed by atoms with Gasteiger partial charge in [-0.15, -0.1) is 0 Å². The van der Waals surface area contributed by atoms with Gasteiger partial charge in [0.15, 0.2) is 15.6 Å². The Labute approximate surface area is 206 Å². The number of nitrogens with zero attached hydrogens (tertiary/aromatic N) is 1. The zero-order valence-corrected chi connectivity index (χ0v) is 21.3. The number of amides is 1. The summed E-state index contributed by atoms with van der Waals surface area (Å²) in [6.07, 6.45) is 2.68. The highest BCUT2D eigenvalue weighted by molar-refractivity contribution is 7.92. The summed E-state index contributed by atoms with van der Waals surface area (Å²) in [5.41, 5.74) is 0.950. The molecule has 186 valence electrons. The maximum atomic E-state index is 13.0. The van der Waals surface area contributed by atoms with Crippen LogP contribution in [0.4, 0.5) is 5.69 Å². The number of rotatable bonds is 10. The lowest BCUT2D eigenvalue weighted by Gasteiger charge is -2.25. The molecule has 1 amide bonds. The van der Waals surface area contributed by atoms with Crippen molar-refractivity contribution in [2.45, 2.75) is 24.3 Å². The van der Waals surface area contributed by atoms with Crippen LogP contribution in [-0.4, -0.2) is 41.8 Å². The Hall–Kier alpha value is -3.37. The summed E-state index contributed by atoms with van der Waals surface area (Å²) in [5, 5.41) is 2.85. The second-order valence-corrected chi connectivity index (χ2v) is 11.9. The number of carbonyl (C=O) groups excluding carboxylic acids is 1. The lowest BCUT2D eigenvalue weighted by atomic mass is 10.0. The van der Waals surface area contributed by atoms with Gasteiger partial charge in [-0.05, 0) is 48.4 Å². The quantitative estimate of drug-likeness (QED) is 0.437. The first-order valence-corrected chi connectivity index (χ1v) is 14.6. The standard InChI is InChI=1S/C25H28N2O6S2/c1-4-22(19-14-16-21(17-15-19)34(2,29)30)26-25(28)18-27(35(3,31)32)23-12-8-9-13-24(23)33-20-10-6-5-7-11-20/h5-17,22H,4,18H2,1-3H3,(H,26,28). The molecule has 1 unspecified atom stereocenters. The van der Waals surface area contributed by atoms with Crippen molar-refractivity contribution in [2.75, 3.05) is 23.4 Å². The first-order valence-electron chi connectivity index (χ1n) is 10.9. The normalized spacial score (nSPS) is 12.5. The number of benzene rings is 3. The van der Waals surface area contributed by atoms with E-state index in [2.05, 4.69) is 5.32 Å². The van der Waals surface area contributed by atoms with Crippen LogP contribution < -0.4 is 14.4 Å². The minimum absolute atomic E-state index is 0.181. The van der Waals surface area contributed by atoms with Gasteiger partial charge in [0.2, 0.25) is 15.9 Å². The fourth-order valence-corrected chi connectivity index (χ4v) is 4.98. The summed E-state index contributed by atoms with van der Waals surface area (Å²) in [6, 6.07) is 21.4.